The number of amides is 1. The molecule has 0 fully saturated rings. The predicted octanol–water partition coefficient (Wildman–Crippen LogP) is 1.17. The fourth-order valence-corrected chi connectivity index (χ4v) is 2.81. The molecule has 118 valence electrons. The van der Waals surface area contributed by atoms with Crippen molar-refractivity contribution < 1.29 is 13.2 Å². The zero-order chi connectivity index (χ0) is 16.2. The highest BCUT2D eigenvalue weighted by molar-refractivity contribution is 7.89. The van der Waals surface area contributed by atoms with Gasteiger partial charge in [0.2, 0.25) is 10.0 Å². The molecule has 1 amide bonds. The Kier molecular flexibility index (Phi) is 4.99. The maximum absolute atomic E-state index is 12.0. The van der Waals surface area contributed by atoms with Gasteiger partial charge in [-0.2, -0.15) is 0 Å². The van der Waals surface area contributed by atoms with Crippen LogP contribution in [-0.4, -0.2) is 43.8 Å². The standard InChI is InChI=1S/C15H19N3O3S/c1-17(2)22(20,21)14-7-5-13(6-8-14)15(19)16-9-12-18-10-3-4-11-18/h3-8,10-11H,9,12H2,1-2H3,(H,16,19). The van der Waals surface area contributed by atoms with Gasteiger partial charge in [-0.05, 0) is 36.4 Å². The fourth-order valence-electron chi connectivity index (χ4n) is 1.91. The molecule has 1 N–H and O–H groups in total. The molecule has 0 saturated carbocycles. The van der Waals surface area contributed by atoms with Crippen LogP contribution in [0.4, 0.5) is 0 Å². The number of aromatic nitrogens is 1. The Morgan fingerprint density at radius 1 is 1.14 bits per heavy atom. The predicted molar refractivity (Wildman–Crippen MR) is 84.1 cm³/mol. The van der Waals surface area contributed by atoms with Gasteiger partial charge in [-0.1, -0.05) is 0 Å². The summed E-state index contributed by atoms with van der Waals surface area (Å²) in [7, 11) is -0.529. The second kappa shape index (κ2) is 6.76. The van der Waals surface area contributed by atoms with Crippen LogP contribution in [-0.2, 0) is 16.6 Å². The van der Waals surface area contributed by atoms with Crippen LogP contribution in [0.3, 0.4) is 0 Å². The topological polar surface area (TPSA) is 71.4 Å². The third-order valence-corrected chi connectivity index (χ3v) is 5.05. The summed E-state index contributed by atoms with van der Waals surface area (Å²) in [4.78, 5) is 12.2. The van der Waals surface area contributed by atoms with Gasteiger partial charge in [0, 0.05) is 45.1 Å². The van der Waals surface area contributed by atoms with E-state index in [4.69, 9.17) is 0 Å². The monoisotopic (exact) mass is 321 g/mol. The van der Waals surface area contributed by atoms with Crippen LogP contribution in [0.1, 0.15) is 10.4 Å². The Bertz CT molecular complexity index is 720. The number of sulfonamides is 1. The average Bonchev–Trinajstić information content (AvgIpc) is 3.00. The van der Waals surface area contributed by atoms with Crippen LogP contribution >= 0.6 is 0 Å². The van der Waals surface area contributed by atoms with Crippen molar-refractivity contribution in [3.05, 3.63) is 54.4 Å². The van der Waals surface area contributed by atoms with Crippen molar-refractivity contribution in [1.82, 2.24) is 14.2 Å². The molecule has 2 rings (SSSR count). The van der Waals surface area contributed by atoms with Gasteiger partial charge in [-0.15, -0.1) is 0 Å². The first kappa shape index (κ1) is 16.3. The minimum absolute atomic E-state index is 0.168. The summed E-state index contributed by atoms with van der Waals surface area (Å²) in [6.07, 6.45) is 3.85. The molecule has 1 heterocycles. The Labute approximate surface area is 130 Å². The van der Waals surface area contributed by atoms with Gasteiger partial charge < -0.3 is 9.88 Å². The van der Waals surface area contributed by atoms with E-state index in [1.807, 2.05) is 29.1 Å². The number of carbonyl (C=O) groups excluding carboxylic acids is 1. The number of benzene rings is 1. The molecule has 0 spiro atoms. The molecule has 0 atom stereocenters. The van der Waals surface area contributed by atoms with E-state index in [0.29, 0.717) is 18.7 Å². The minimum Gasteiger partial charge on any atom is -0.353 e. The quantitative estimate of drug-likeness (QED) is 0.868. The van der Waals surface area contributed by atoms with Crippen LogP contribution in [0, 0.1) is 0 Å². The highest BCUT2D eigenvalue weighted by Gasteiger charge is 2.17. The molecule has 0 aliphatic rings. The molecule has 0 unspecified atom stereocenters. The SMILES string of the molecule is CN(C)S(=O)(=O)c1ccc(C(=O)NCCn2cccc2)cc1. The lowest BCUT2D eigenvalue weighted by Crippen LogP contribution is -2.27. The molecule has 0 aliphatic heterocycles. The van der Waals surface area contributed by atoms with E-state index in [1.165, 1.54) is 38.4 Å². The van der Waals surface area contributed by atoms with Crippen molar-refractivity contribution in [2.75, 3.05) is 20.6 Å². The van der Waals surface area contributed by atoms with Crippen LogP contribution < -0.4 is 5.32 Å². The Morgan fingerprint density at radius 2 is 1.73 bits per heavy atom. The van der Waals surface area contributed by atoms with Crippen molar-refractivity contribution in [2.45, 2.75) is 11.4 Å². The van der Waals surface area contributed by atoms with E-state index in [-0.39, 0.29) is 10.8 Å². The van der Waals surface area contributed by atoms with Gasteiger partial charge in [-0.25, -0.2) is 12.7 Å². The molecule has 1 aromatic heterocycles. The van der Waals surface area contributed by atoms with Gasteiger partial charge >= 0.3 is 0 Å². The van der Waals surface area contributed by atoms with Crippen molar-refractivity contribution in [3.63, 3.8) is 0 Å². The molecule has 0 radical (unpaired) electrons. The second-order valence-electron chi connectivity index (χ2n) is 4.99. The summed E-state index contributed by atoms with van der Waals surface area (Å²) in [5, 5.41) is 2.80. The summed E-state index contributed by atoms with van der Waals surface area (Å²) in [6.45, 7) is 1.19. The van der Waals surface area contributed by atoms with Crippen LogP contribution in [0.5, 0.6) is 0 Å². The fraction of sp³-hybridized carbons (Fsp3) is 0.267. The molecule has 0 bridgehead atoms. The van der Waals surface area contributed by atoms with Gasteiger partial charge in [0.25, 0.3) is 5.91 Å². The smallest absolute Gasteiger partial charge is 0.251 e. The summed E-state index contributed by atoms with van der Waals surface area (Å²) in [5.41, 5.74) is 0.435. The molecule has 22 heavy (non-hydrogen) atoms. The van der Waals surface area contributed by atoms with Crippen LogP contribution in [0.25, 0.3) is 0 Å². The molecule has 6 nitrogen and oxygen atoms in total. The molecule has 0 aliphatic carbocycles. The highest BCUT2D eigenvalue weighted by Crippen LogP contribution is 2.13. The number of rotatable bonds is 6. The third-order valence-electron chi connectivity index (χ3n) is 3.22. The largest absolute Gasteiger partial charge is 0.353 e. The third kappa shape index (κ3) is 3.75. The van der Waals surface area contributed by atoms with Crippen molar-refractivity contribution in [1.29, 1.82) is 0 Å². The van der Waals surface area contributed by atoms with E-state index in [0.717, 1.165) is 4.31 Å². The number of hydrogen-bond acceptors (Lipinski definition) is 3. The van der Waals surface area contributed by atoms with Gasteiger partial charge in [0.1, 0.15) is 0 Å². The lowest BCUT2D eigenvalue weighted by atomic mass is 10.2. The second-order valence-corrected chi connectivity index (χ2v) is 7.14. The molecule has 1 aromatic carbocycles. The summed E-state index contributed by atoms with van der Waals surface area (Å²) < 4.78 is 27.0. The summed E-state index contributed by atoms with van der Waals surface area (Å²) >= 11 is 0. The number of carbonyl (C=O) groups is 1. The molecule has 2 aromatic rings. The normalized spacial score (nSPS) is 11.6. The maximum Gasteiger partial charge on any atom is 0.251 e. The number of nitrogens with one attached hydrogen (secondary N) is 1. The zero-order valence-corrected chi connectivity index (χ0v) is 13.4. The van der Waals surface area contributed by atoms with Gasteiger partial charge in [0.15, 0.2) is 0 Å². The summed E-state index contributed by atoms with van der Waals surface area (Å²) in [6, 6.07) is 9.76. The van der Waals surface area contributed by atoms with E-state index >= 15 is 0 Å². The zero-order valence-electron chi connectivity index (χ0n) is 12.6. The molecular weight excluding hydrogens is 302 g/mol. The Hall–Kier alpha value is -2.12. The first-order chi connectivity index (χ1) is 10.4. The van der Waals surface area contributed by atoms with Crippen molar-refractivity contribution >= 4 is 15.9 Å². The highest BCUT2D eigenvalue weighted by atomic mass is 32.2. The van der Waals surface area contributed by atoms with Crippen LogP contribution in [0.2, 0.25) is 0 Å². The van der Waals surface area contributed by atoms with E-state index in [1.54, 1.807) is 0 Å². The van der Waals surface area contributed by atoms with Crippen LogP contribution in [0.15, 0.2) is 53.7 Å². The number of nitrogens with zero attached hydrogens (tertiary/aromatic N) is 2. The van der Waals surface area contributed by atoms with Gasteiger partial charge in [0.05, 0.1) is 4.90 Å². The van der Waals surface area contributed by atoms with Crippen molar-refractivity contribution in [3.8, 4) is 0 Å². The molecule has 0 saturated heterocycles. The van der Waals surface area contributed by atoms with E-state index < -0.39 is 10.0 Å². The minimum atomic E-state index is -3.47. The van der Waals surface area contributed by atoms with E-state index in [2.05, 4.69) is 5.32 Å². The number of hydrogen-bond donors (Lipinski definition) is 1. The lowest BCUT2D eigenvalue weighted by Gasteiger charge is -2.11. The average molecular weight is 321 g/mol. The summed E-state index contributed by atoms with van der Waals surface area (Å²) in [5.74, 6) is -0.221. The Morgan fingerprint density at radius 3 is 2.27 bits per heavy atom. The Balaban J connectivity index is 1.96. The molecule has 7 heteroatoms. The van der Waals surface area contributed by atoms with Crippen molar-refractivity contribution in [2.24, 2.45) is 0 Å². The maximum atomic E-state index is 12.0. The van der Waals surface area contributed by atoms with E-state index in [9.17, 15) is 13.2 Å². The first-order valence-corrected chi connectivity index (χ1v) is 8.27. The van der Waals surface area contributed by atoms with Gasteiger partial charge in [-0.3, -0.25) is 4.79 Å². The first-order valence-electron chi connectivity index (χ1n) is 6.83. The molecular formula is C15H19N3O3S. The lowest BCUT2D eigenvalue weighted by molar-refractivity contribution is 0.0952.